The Kier molecular flexibility index (Phi) is 8.28. The van der Waals surface area contributed by atoms with E-state index in [-0.39, 0.29) is 6.10 Å². The number of nitrogens with zero attached hydrogens (tertiary/aromatic N) is 1. The second kappa shape index (κ2) is 9.60. The Morgan fingerprint density at radius 2 is 1.88 bits per heavy atom. The fourth-order valence-electron chi connectivity index (χ4n) is 1.99. The lowest BCUT2D eigenvalue weighted by molar-refractivity contribution is 0.160. The van der Waals surface area contributed by atoms with Gasteiger partial charge in [-0.3, -0.25) is 0 Å². The van der Waals surface area contributed by atoms with E-state index in [4.69, 9.17) is 0 Å². The minimum absolute atomic E-state index is 0.197. The second-order valence-electron chi connectivity index (χ2n) is 4.69. The summed E-state index contributed by atoms with van der Waals surface area (Å²) in [5, 5.41) is 12.9. The lowest BCUT2D eigenvalue weighted by Gasteiger charge is -2.08. The quantitative estimate of drug-likeness (QED) is 0.636. The molecule has 0 spiro atoms. The largest absolute Gasteiger partial charge is 0.393 e. The van der Waals surface area contributed by atoms with E-state index in [1.165, 1.54) is 38.5 Å². The topological polar surface area (TPSA) is 33.1 Å². The zero-order valence-electron chi connectivity index (χ0n) is 10.9. The van der Waals surface area contributed by atoms with Crippen LogP contribution >= 0.6 is 11.3 Å². The Labute approximate surface area is 109 Å². The van der Waals surface area contributed by atoms with Crippen molar-refractivity contribution in [1.82, 2.24) is 4.98 Å². The highest BCUT2D eigenvalue weighted by Crippen LogP contribution is 2.13. The summed E-state index contributed by atoms with van der Waals surface area (Å²) in [7, 11) is 0. The molecule has 1 N–H and O–H groups in total. The Balaban J connectivity index is 1.92. The first-order chi connectivity index (χ1) is 8.33. The van der Waals surface area contributed by atoms with Crippen LogP contribution in [0.3, 0.4) is 0 Å². The summed E-state index contributed by atoms with van der Waals surface area (Å²) < 4.78 is 0. The molecule has 1 atom stereocenters. The van der Waals surface area contributed by atoms with Gasteiger partial charge in [-0.1, -0.05) is 51.9 Å². The van der Waals surface area contributed by atoms with Gasteiger partial charge in [-0.05, 0) is 6.42 Å². The minimum atomic E-state index is -0.197. The molecule has 0 amide bonds. The van der Waals surface area contributed by atoms with Gasteiger partial charge in [-0.15, -0.1) is 11.3 Å². The van der Waals surface area contributed by atoms with E-state index < -0.39 is 0 Å². The number of aromatic nitrogens is 1. The molecular formula is C14H25NOS. The summed E-state index contributed by atoms with van der Waals surface area (Å²) in [6, 6.07) is 0. The van der Waals surface area contributed by atoms with E-state index in [1.807, 2.05) is 5.38 Å². The first-order valence-electron chi connectivity index (χ1n) is 6.89. The maximum Gasteiger partial charge on any atom is 0.0950 e. The first kappa shape index (κ1) is 14.7. The fraction of sp³-hybridized carbons (Fsp3) is 0.786. The molecule has 0 aliphatic heterocycles. The predicted molar refractivity (Wildman–Crippen MR) is 74.4 cm³/mol. The highest BCUT2D eigenvalue weighted by atomic mass is 32.1. The fourth-order valence-corrected chi connectivity index (χ4v) is 2.68. The van der Waals surface area contributed by atoms with Crippen LogP contribution in [0.1, 0.15) is 63.3 Å². The van der Waals surface area contributed by atoms with Gasteiger partial charge in [-0.2, -0.15) is 0 Å². The van der Waals surface area contributed by atoms with Crippen LogP contribution in [0.2, 0.25) is 0 Å². The zero-order chi connectivity index (χ0) is 12.3. The maximum absolute atomic E-state index is 9.83. The van der Waals surface area contributed by atoms with Gasteiger partial charge in [-0.25, -0.2) is 4.98 Å². The molecular weight excluding hydrogens is 230 g/mol. The second-order valence-corrected chi connectivity index (χ2v) is 5.67. The van der Waals surface area contributed by atoms with Crippen LogP contribution < -0.4 is 0 Å². The van der Waals surface area contributed by atoms with E-state index >= 15 is 0 Å². The van der Waals surface area contributed by atoms with Crippen LogP contribution in [0.15, 0.2) is 11.6 Å². The molecule has 1 rings (SSSR count). The van der Waals surface area contributed by atoms with Crippen molar-refractivity contribution >= 4 is 11.3 Å². The van der Waals surface area contributed by atoms with E-state index in [2.05, 4.69) is 11.9 Å². The van der Waals surface area contributed by atoms with Gasteiger partial charge in [0.05, 0.1) is 11.1 Å². The summed E-state index contributed by atoms with van der Waals surface area (Å²) >= 11 is 1.63. The summed E-state index contributed by atoms with van der Waals surface area (Å²) in [6.45, 7) is 2.25. The molecule has 0 fully saturated rings. The van der Waals surface area contributed by atoms with Crippen LogP contribution in [0.4, 0.5) is 0 Å². The van der Waals surface area contributed by atoms with E-state index in [1.54, 1.807) is 17.5 Å². The number of rotatable bonds is 10. The molecule has 1 unspecified atom stereocenters. The Morgan fingerprint density at radius 3 is 2.53 bits per heavy atom. The average molecular weight is 255 g/mol. The van der Waals surface area contributed by atoms with E-state index in [0.29, 0.717) is 0 Å². The lowest BCUT2D eigenvalue weighted by Crippen LogP contribution is -2.09. The number of thiazole rings is 1. The Hall–Kier alpha value is -0.410. The molecule has 1 heterocycles. The van der Waals surface area contributed by atoms with Crippen LogP contribution in [0.25, 0.3) is 0 Å². The minimum Gasteiger partial charge on any atom is -0.393 e. The van der Waals surface area contributed by atoms with E-state index in [0.717, 1.165) is 24.3 Å². The molecule has 1 aromatic heterocycles. The maximum atomic E-state index is 9.83. The van der Waals surface area contributed by atoms with Crippen molar-refractivity contribution in [3.8, 4) is 0 Å². The van der Waals surface area contributed by atoms with Crippen molar-refractivity contribution in [3.63, 3.8) is 0 Å². The third kappa shape index (κ3) is 7.50. The lowest BCUT2D eigenvalue weighted by atomic mass is 10.1. The van der Waals surface area contributed by atoms with Crippen LogP contribution in [0.5, 0.6) is 0 Å². The predicted octanol–water partition coefficient (Wildman–Crippen LogP) is 4.19. The van der Waals surface area contributed by atoms with Gasteiger partial charge < -0.3 is 5.11 Å². The monoisotopic (exact) mass is 255 g/mol. The first-order valence-corrected chi connectivity index (χ1v) is 7.77. The van der Waals surface area contributed by atoms with Crippen molar-refractivity contribution in [3.05, 3.63) is 16.6 Å². The number of unbranched alkanes of at least 4 members (excludes halogenated alkanes) is 6. The SMILES string of the molecule is CCCCCCCCCC(O)Cc1nccs1. The van der Waals surface area contributed by atoms with Crippen molar-refractivity contribution < 1.29 is 5.11 Å². The van der Waals surface area contributed by atoms with Gasteiger partial charge >= 0.3 is 0 Å². The van der Waals surface area contributed by atoms with Gasteiger partial charge in [0.2, 0.25) is 0 Å². The van der Waals surface area contributed by atoms with Crippen molar-refractivity contribution in [2.24, 2.45) is 0 Å². The number of hydrogen-bond acceptors (Lipinski definition) is 3. The summed E-state index contributed by atoms with van der Waals surface area (Å²) in [6.07, 6.45) is 12.4. The normalized spacial score (nSPS) is 12.8. The van der Waals surface area contributed by atoms with Crippen LogP contribution in [0, 0.1) is 0 Å². The highest BCUT2D eigenvalue weighted by molar-refractivity contribution is 7.09. The molecule has 1 aromatic rings. The molecule has 17 heavy (non-hydrogen) atoms. The number of aliphatic hydroxyl groups is 1. The highest BCUT2D eigenvalue weighted by Gasteiger charge is 2.06. The smallest absolute Gasteiger partial charge is 0.0950 e. The van der Waals surface area contributed by atoms with Gasteiger partial charge in [0, 0.05) is 18.0 Å². The third-order valence-corrected chi connectivity index (χ3v) is 3.84. The molecule has 0 saturated heterocycles. The standard InChI is InChI=1S/C14H25NOS/c1-2-3-4-5-6-7-8-9-13(16)12-14-15-10-11-17-14/h10-11,13,16H,2-9,12H2,1H3. The van der Waals surface area contributed by atoms with E-state index in [9.17, 15) is 5.11 Å². The van der Waals surface area contributed by atoms with Crippen LogP contribution in [-0.2, 0) is 6.42 Å². The molecule has 2 nitrogen and oxygen atoms in total. The molecule has 0 aliphatic rings. The average Bonchev–Trinajstić information content (AvgIpc) is 2.80. The van der Waals surface area contributed by atoms with Crippen molar-refractivity contribution in [2.45, 2.75) is 70.8 Å². The zero-order valence-corrected chi connectivity index (χ0v) is 11.7. The molecule has 0 aromatic carbocycles. The van der Waals surface area contributed by atoms with Crippen LogP contribution in [-0.4, -0.2) is 16.2 Å². The molecule has 3 heteroatoms. The number of hydrogen-bond donors (Lipinski definition) is 1. The summed E-state index contributed by atoms with van der Waals surface area (Å²) in [5.74, 6) is 0. The van der Waals surface area contributed by atoms with Gasteiger partial charge in [0.25, 0.3) is 0 Å². The van der Waals surface area contributed by atoms with Crippen molar-refractivity contribution in [2.75, 3.05) is 0 Å². The summed E-state index contributed by atoms with van der Waals surface area (Å²) in [4.78, 5) is 4.19. The molecule has 0 aliphatic carbocycles. The molecule has 0 saturated carbocycles. The van der Waals surface area contributed by atoms with Crippen molar-refractivity contribution in [1.29, 1.82) is 0 Å². The molecule has 98 valence electrons. The summed E-state index contributed by atoms with van der Waals surface area (Å²) in [5.41, 5.74) is 0. The Morgan fingerprint density at radius 1 is 1.18 bits per heavy atom. The van der Waals surface area contributed by atoms with Gasteiger partial charge in [0.15, 0.2) is 0 Å². The molecule has 0 bridgehead atoms. The molecule has 0 radical (unpaired) electrons. The van der Waals surface area contributed by atoms with Gasteiger partial charge in [0.1, 0.15) is 0 Å². The number of aliphatic hydroxyl groups excluding tert-OH is 1. The Bertz CT molecular complexity index is 261. The third-order valence-electron chi connectivity index (χ3n) is 3.03.